The first-order valence-electron chi connectivity index (χ1n) is 10.1. The van der Waals surface area contributed by atoms with Crippen LogP contribution < -0.4 is 10.2 Å². The zero-order valence-corrected chi connectivity index (χ0v) is 19.9. The van der Waals surface area contributed by atoms with Gasteiger partial charge in [0.2, 0.25) is 6.41 Å². The minimum absolute atomic E-state index is 0.157. The molecule has 0 fully saturated rings. The number of para-hydroxylation sites is 1. The fourth-order valence-corrected chi connectivity index (χ4v) is 4.08. The summed E-state index contributed by atoms with van der Waals surface area (Å²) in [5.41, 5.74) is 3.68. The number of hydrogen-bond acceptors (Lipinski definition) is 4. The number of amides is 1. The van der Waals surface area contributed by atoms with Crippen molar-refractivity contribution in [3.8, 4) is 0 Å². The number of carbonyl (C=O) groups is 2. The molecule has 2 aromatic carbocycles. The standard InChI is InChI=1S/C12H16N2O.C7H7Cl.C6H6OS/c1-9-7-11(13-8-15)10-5-3-4-6-12(10)14(9)2;1-6-2-4-7(8)5-3-6;1-5-2-3-6(4-7)8-5/h3-6,8-9,11H,7H2,1-2H3,(H,13,15);2-5H,1H3;2-4H,1H3. The van der Waals surface area contributed by atoms with Gasteiger partial charge in [0.15, 0.2) is 6.29 Å². The van der Waals surface area contributed by atoms with Gasteiger partial charge >= 0.3 is 0 Å². The molecule has 4 nitrogen and oxygen atoms in total. The summed E-state index contributed by atoms with van der Waals surface area (Å²) >= 11 is 7.13. The molecule has 164 valence electrons. The van der Waals surface area contributed by atoms with E-state index in [1.165, 1.54) is 33.0 Å². The van der Waals surface area contributed by atoms with Crippen LogP contribution in [0.2, 0.25) is 5.02 Å². The molecule has 0 saturated heterocycles. The van der Waals surface area contributed by atoms with Gasteiger partial charge in [0, 0.05) is 28.7 Å². The van der Waals surface area contributed by atoms with E-state index in [0.29, 0.717) is 6.04 Å². The van der Waals surface area contributed by atoms with Crippen LogP contribution in [-0.2, 0) is 4.79 Å². The van der Waals surface area contributed by atoms with Gasteiger partial charge in [-0.1, -0.05) is 47.5 Å². The molecule has 1 amide bonds. The van der Waals surface area contributed by atoms with E-state index in [2.05, 4.69) is 36.3 Å². The van der Waals surface area contributed by atoms with Gasteiger partial charge in [-0.05, 0) is 63.1 Å². The molecule has 6 heteroatoms. The van der Waals surface area contributed by atoms with Crippen LogP contribution in [0, 0.1) is 13.8 Å². The van der Waals surface area contributed by atoms with E-state index >= 15 is 0 Å². The van der Waals surface area contributed by atoms with E-state index in [1.54, 1.807) is 0 Å². The van der Waals surface area contributed by atoms with Crippen molar-refractivity contribution in [3.05, 3.63) is 86.6 Å². The largest absolute Gasteiger partial charge is 0.372 e. The van der Waals surface area contributed by atoms with Gasteiger partial charge < -0.3 is 10.2 Å². The van der Waals surface area contributed by atoms with Gasteiger partial charge in [0.1, 0.15) is 0 Å². The van der Waals surface area contributed by atoms with E-state index in [9.17, 15) is 9.59 Å². The van der Waals surface area contributed by atoms with Crippen molar-refractivity contribution in [2.45, 2.75) is 39.3 Å². The van der Waals surface area contributed by atoms with Crippen molar-refractivity contribution in [2.24, 2.45) is 0 Å². The number of aldehydes is 1. The zero-order chi connectivity index (χ0) is 22.8. The molecule has 0 saturated carbocycles. The van der Waals surface area contributed by atoms with Crippen molar-refractivity contribution in [1.82, 2.24) is 5.32 Å². The molecule has 0 bridgehead atoms. The Hall–Kier alpha value is -2.63. The summed E-state index contributed by atoms with van der Waals surface area (Å²) in [4.78, 5) is 24.8. The van der Waals surface area contributed by atoms with Gasteiger partial charge in [-0.3, -0.25) is 9.59 Å². The highest BCUT2D eigenvalue weighted by molar-refractivity contribution is 7.13. The minimum atomic E-state index is 0.157. The van der Waals surface area contributed by atoms with Gasteiger partial charge in [-0.2, -0.15) is 0 Å². The number of aryl methyl sites for hydroxylation is 2. The fraction of sp³-hybridized carbons (Fsp3) is 0.280. The Morgan fingerprint density at radius 1 is 1.03 bits per heavy atom. The van der Waals surface area contributed by atoms with E-state index in [1.807, 2.05) is 62.4 Å². The number of halogens is 1. The van der Waals surface area contributed by atoms with Crippen LogP contribution in [0.15, 0.2) is 60.7 Å². The van der Waals surface area contributed by atoms with Crippen molar-refractivity contribution < 1.29 is 9.59 Å². The Kier molecular flexibility index (Phi) is 9.76. The maximum Gasteiger partial charge on any atom is 0.207 e. The second-order valence-electron chi connectivity index (χ2n) is 7.45. The first kappa shape index (κ1) is 24.6. The van der Waals surface area contributed by atoms with Gasteiger partial charge in [0.05, 0.1) is 10.9 Å². The van der Waals surface area contributed by atoms with Crippen LogP contribution >= 0.6 is 22.9 Å². The summed E-state index contributed by atoms with van der Waals surface area (Å²) in [7, 11) is 2.10. The number of thiophene rings is 1. The van der Waals surface area contributed by atoms with Crippen LogP contribution in [-0.4, -0.2) is 25.8 Å². The summed E-state index contributed by atoms with van der Waals surface area (Å²) < 4.78 is 0. The summed E-state index contributed by atoms with van der Waals surface area (Å²) in [6.45, 7) is 6.20. The molecule has 1 N–H and O–H groups in total. The number of rotatable bonds is 3. The number of fused-ring (bicyclic) bond motifs is 1. The Bertz CT molecular complexity index is 951. The van der Waals surface area contributed by atoms with Crippen LogP contribution in [0.3, 0.4) is 0 Å². The maximum atomic E-state index is 10.5. The Morgan fingerprint density at radius 2 is 1.71 bits per heavy atom. The number of benzene rings is 2. The second-order valence-corrected chi connectivity index (χ2v) is 9.21. The van der Waals surface area contributed by atoms with E-state index in [0.717, 1.165) is 29.0 Å². The van der Waals surface area contributed by atoms with E-state index in [-0.39, 0.29) is 6.04 Å². The molecular weight excluding hydrogens is 428 g/mol. The molecule has 3 aromatic rings. The second kappa shape index (κ2) is 12.3. The van der Waals surface area contributed by atoms with Gasteiger partial charge in [-0.15, -0.1) is 11.3 Å². The highest BCUT2D eigenvalue weighted by atomic mass is 35.5. The smallest absolute Gasteiger partial charge is 0.207 e. The normalized spacial score (nSPS) is 16.6. The van der Waals surface area contributed by atoms with Crippen LogP contribution in [0.1, 0.15) is 45.1 Å². The van der Waals surface area contributed by atoms with Crippen molar-refractivity contribution in [2.75, 3.05) is 11.9 Å². The first-order chi connectivity index (χ1) is 14.8. The fourth-order valence-electron chi connectivity index (χ4n) is 3.26. The molecule has 1 aliphatic rings. The average Bonchev–Trinajstić information content (AvgIpc) is 3.20. The highest BCUT2D eigenvalue weighted by Gasteiger charge is 2.26. The summed E-state index contributed by atoms with van der Waals surface area (Å²) in [6, 6.07) is 20.4. The Morgan fingerprint density at radius 3 is 2.23 bits per heavy atom. The molecule has 2 heterocycles. The summed E-state index contributed by atoms with van der Waals surface area (Å²) in [6.07, 6.45) is 2.63. The number of nitrogens with zero attached hydrogens (tertiary/aromatic N) is 1. The molecule has 1 aromatic heterocycles. The molecule has 1 aliphatic heterocycles. The monoisotopic (exact) mass is 456 g/mol. The first-order valence-corrected chi connectivity index (χ1v) is 11.3. The van der Waals surface area contributed by atoms with Crippen LogP contribution in [0.25, 0.3) is 0 Å². The van der Waals surface area contributed by atoms with Crippen LogP contribution in [0.5, 0.6) is 0 Å². The topological polar surface area (TPSA) is 49.4 Å². The third kappa shape index (κ3) is 7.53. The summed E-state index contributed by atoms with van der Waals surface area (Å²) in [5, 5.41) is 3.69. The molecule has 0 aliphatic carbocycles. The van der Waals surface area contributed by atoms with Gasteiger partial charge in [0.25, 0.3) is 0 Å². The number of nitrogens with one attached hydrogen (secondary N) is 1. The average molecular weight is 457 g/mol. The third-order valence-corrected chi connectivity index (χ3v) is 6.27. The molecular formula is C25H29ClN2O2S. The molecule has 0 radical (unpaired) electrons. The highest BCUT2D eigenvalue weighted by Crippen LogP contribution is 2.35. The van der Waals surface area contributed by atoms with E-state index in [4.69, 9.17) is 11.6 Å². The van der Waals surface area contributed by atoms with Crippen molar-refractivity contribution in [1.29, 1.82) is 0 Å². The number of hydrogen-bond donors (Lipinski definition) is 1. The molecule has 0 spiro atoms. The molecule has 4 rings (SSSR count). The zero-order valence-electron chi connectivity index (χ0n) is 18.3. The predicted octanol–water partition coefficient (Wildman–Crippen LogP) is 6.22. The van der Waals surface area contributed by atoms with E-state index < -0.39 is 0 Å². The summed E-state index contributed by atoms with van der Waals surface area (Å²) in [5.74, 6) is 0. The lowest BCUT2D eigenvalue weighted by atomic mass is 9.92. The molecule has 31 heavy (non-hydrogen) atoms. The Balaban J connectivity index is 0.000000181. The SMILES string of the molecule is CC1CC(NC=O)c2ccccc2N1C.Cc1ccc(C=O)s1.Cc1ccc(Cl)cc1. The lowest BCUT2D eigenvalue weighted by molar-refractivity contribution is -0.110. The Labute approximate surface area is 193 Å². The third-order valence-electron chi connectivity index (χ3n) is 5.09. The minimum Gasteiger partial charge on any atom is -0.372 e. The lowest BCUT2D eigenvalue weighted by Gasteiger charge is -2.38. The molecule has 2 atom stereocenters. The van der Waals surface area contributed by atoms with Crippen molar-refractivity contribution in [3.63, 3.8) is 0 Å². The lowest BCUT2D eigenvalue weighted by Crippen LogP contribution is -2.39. The number of carbonyl (C=O) groups excluding carboxylic acids is 2. The number of anilines is 1. The molecule has 2 unspecified atom stereocenters. The van der Waals surface area contributed by atoms with Crippen LogP contribution in [0.4, 0.5) is 5.69 Å². The quantitative estimate of drug-likeness (QED) is 0.476. The van der Waals surface area contributed by atoms with Crippen molar-refractivity contribution >= 4 is 41.3 Å². The predicted molar refractivity (Wildman–Crippen MR) is 131 cm³/mol. The maximum absolute atomic E-state index is 10.5. The van der Waals surface area contributed by atoms with Gasteiger partial charge in [-0.25, -0.2) is 0 Å².